The van der Waals surface area contributed by atoms with Crippen LogP contribution in [0.5, 0.6) is 0 Å². The van der Waals surface area contributed by atoms with E-state index in [2.05, 4.69) is 12.1 Å². The van der Waals surface area contributed by atoms with E-state index in [9.17, 15) is 4.79 Å². The van der Waals surface area contributed by atoms with Crippen molar-refractivity contribution in [1.82, 2.24) is 15.1 Å². The Labute approximate surface area is 142 Å². The van der Waals surface area contributed by atoms with Gasteiger partial charge in [-0.2, -0.15) is 5.06 Å². The molecule has 1 aromatic heterocycles. The number of piperidine rings is 1. The van der Waals surface area contributed by atoms with Gasteiger partial charge in [0.25, 0.3) is 0 Å². The minimum absolute atomic E-state index is 0.0149. The van der Waals surface area contributed by atoms with E-state index in [0.29, 0.717) is 13.2 Å². The number of carbonyl (C=O) groups excluding carboxylic acids is 1. The Balaban J connectivity index is 1.43. The maximum atomic E-state index is 12.7. The van der Waals surface area contributed by atoms with Crippen molar-refractivity contribution < 1.29 is 14.2 Å². The minimum atomic E-state index is -0.0954. The number of nitrogens with zero attached hydrogens (tertiary/aromatic N) is 3. The lowest BCUT2D eigenvalue weighted by Crippen LogP contribution is -2.34. The fraction of sp³-hybridized carbons (Fsp3) is 0.765. The van der Waals surface area contributed by atoms with Gasteiger partial charge in [0.05, 0.1) is 18.7 Å². The first-order valence-electron chi connectivity index (χ1n) is 9.07. The fourth-order valence-corrected chi connectivity index (χ4v) is 3.67. The summed E-state index contributed by atoms with van der Waals surface area (Å²) in [7, 11) is 0. The molecule has 0 spiro atoms. The molecule has 132 valence electrons. The standard InChI is InChI=1S/C17H26N4O3/c1-2-3-8-23-21-12-4-5-15(20(11-12)16(21)22)14-9-13(24-19-14)10-17(18)6-7-17/h9,12,15H,2-8,10-11,18H2,1H3/t12?,15-/m0/s1. The number of amides is 2. The molecule has 1 aliphatic carbocycles. The van der Waals surface area contributed by atoms with Gasteiger partial charge in [0.1, 0.15) is 11.5 Å². The zero-order valence-electron chi connectivity index (χ0n) is 14.2. The summed E-state index contributed by atoms with van der Waals surface area (Å²) >= 11 is 0. The van der Waals surface area contributed by atoms with E-state index < -0.39 is 0 Å². The SMILES string of the molecule is CCCCON1C(=O)N2CC1CC[C@H]2c1cc(CC2(N)CC2)on1. The number of hydroxylamine groups is 2. The van der Waals surface area contributed by atoms with Crippen LogP contribution in [-0.4, -0.2) is 45.9 Å². The molecule has 1 saturated carbocycles. The van der Waals surface area contributed by atoms with Crippen LogP contribution in [0.2, 0.25) is 0 Å². The van der Waals surface area contributed by atoms with E-state index in [1.807, 2.05) is 11.0 Å². The first-order valence-corrected chi connectivity index (χ1v) is 9.07. The predicted octanol–water partition coefficient (Wildman–Crippen LogP) is 2.38. The van der Waals surface area contributed by atoms with E-state index in [1.54, 1.807) is 5.06 Å². The molecule has 0 radical (unpaired) electrons. The van der Waals surface area contributed by atoms with Gasteiger partial charge >= 0.3 is 6.03 Å². The third kappa shape index (κ3) is 2.91. The highest BCUT2D eigenvalue weighted by Gasteiger charge is 2.47. The lowest BCUT2D eigenvalue weighted by molar-refractivity contribution is -0.130. The van der Waals surface area contributed by atoms with Crippen LogP contribution >= 0.6 is 0 Å². The van der Waals surface area contributed by atoms with Gasteiger partial charge in [-0.25, -0.2) is 4.79 Å². The zero-order valence-corrected chi connectivity index (χ0v) is 14.2. The first kappa shape index (κ1) is 15.9. The summed E-state index contributed by atoms with van der Waals surface area (Å²) in [6.07, 6.45) is 6.67. The number of urea groups is 1. The number of aromatic nitrogens is 1. The summed E-state index contributed by atoms with van der Waals surface area (Å²) in [5, 5.41) is 5.80. The Morgan fingerprint density at radius 2 is 2.29 bits per heavy atom. The molecule has 3 heterocycles. The van der Waals surface area contributed by atoms with Crippen molar-refractivity contribution >= 4 is 6.03 Å². The molecule has 3 fully saturated rings. The van der Waals surface area contributed by atoms with E-state index in [4.69, 9.17) is 15.1 Å². The van der Waals surface area contributed by atoms with Crippen LogP contribution in [0.25, 0.3) is 0 Å². The van der Waals surface area contributed by atoms with E-state index in [1.165, 1.54) is 0 Å². The Bertz CT molecular complexity index is 613. The Hall–Kier alpha value is -1.60. The molecule has 2 N–H and O–H groups in total. The number of carbonyl (C=O) groups is 1. The molecular formula is C17H26N4O3. The van der Waals surface area contributed by atoms with Crippen molar-refractivity contribution in [1.29, 1.82) is 0 Å². The van der Waals surface area contributed by atoms with E-state index in [0.717, 1.165) is 56.4 Å². The molecule has 0 aromatic carbocycles. The van der Waals surface area contributed by atoms with Crippen LogP contribution in [0, 0.1) is 0 Å². The normalized spacial score (nSPS) is 27.8. The van der Waals surface area contributed by atoms with Gasteiger partial charge in [0, 0.05) is 24.6 Å². The quantitative estimate of drug-likeness (QED) is 0.774. The lowest BCUT2D eigenvalue weighted by Gasteiger charge is -2.28. The summed E-state index contributed by atoms with van der Waals surface area (Å²) in [6.45, 7) is 3.42. The van der Waals surface area contributed by atoms with Crippen LogP contribution in [0.3, 0.4) is 0 Å². The average Bonchev–Trinajstić information content (AvgIpc) is 3.03. The second kappa shape index (κ2) is 6.04. The monoisotopic (exact) mass is 334 g/mol. The number of fused-ring (bicyclic) bond motifs is 2. The molecule has 2 atom stereocenters. The summed E-state index contributed by atoms with van der Waals surface area (Å²) in [6, 6.07) is 2.08. The van der Waals surface area contributed by atoms with Crippen LogP contribution in [0.1, 0.15) is 62.9 Å². The average molecular weight is 334 g/mol. The lowest BCUT2D eigenvalue weighted by atomic mass is 9.98. The Kier molecular flexibility index (Phi) is 4.00. The predicted molar refractivity (Wildman–Crippen MR) is 86.9 cm³/mol. The van der Waals surface area contributed by atoms with Crippen molar-refractivity contribution in [2.75, 3.05) is 13.2 Å². The largest absolute Gasteiger partial charge is 0.361 e. The van der Waals surface area contributed by atoms with Crippen LogP contribution in [-0.2, 0) is 11.3 Å². The van der Waals surface area contributed by atoms with Gasteiger partial charge in [0.15, 0.2) is 0 Å². The molecule has 2 amide bonds. The fourth-order valence-electron chi connectivity index (χ4n) is 3.67. The second-order valence-electron chi connectivity index (χ2n) is 7.45. The third-order valence-electron chi connectivity index (χ3n) is 5.39. The highest BCUT2D eigenvalue weighted by Crippen LogP contribution is 2.40. The highest BCUT2D eigenvalue weighted by atomic mass is 16.7. The van der Waals surface area contributed by atoms with Gasteiger partial charge < -0.3 is 15.2 Å². The number of unbranched alkanes of at least 4 members (excludes halogenated alkanes) is 1. The molecule has 2 bridgehead atoms. The molecule has 2 saturated heterocycles. The van der Waals surface area contributed by atoms with Gasteiger partial charge in [0.2, 0.25) is 0 Å². The molecule has 4 rings (SSSR count). The van der Waals surface area contributed by atoms with E-state index in [-0.39, 0.29) is 23.7 Å². The van der Waals surface area contributed by atoms with Crippen molar-refractivity contribution in [2.45, 2.75) is 69.5 Å². The summed E-state index contributed by atoms with van der Waals surface area (Å²) in [5.41, 5.74) is 6.90. The molecule has 7 nitrogen and oxygen atoms in total. The summed E-state index contributed by atoms with van der Waals surface area (Å²) in [4.78, 5) is 20.2. The maximum absolute atomic E-state index is 12.7. The number of rotatable bonds is 7. The molecule has 3 aliphatic rings. The summed E-state index contributed by atoms with van der Waals surface area (Å²) < 4.78 is 5.47. The number of nitrogens with two attached hydrogens (primary N) is 1. The van der Waals surface area contributed by atoms with Gasteiger partial charge in [-0.05, 0) is 32.1 Å². The highest BCUT2D eigenvalue weighted by molar-refractivity contribution is 5.77. The molecule has 1 aromatic rings. The van der Waals surface area contributed by atoms with Crippen molar-refractivity contribution in [3.8, 4) is 0 Å². The molecular weight excluding hydrogens is 308 g/mol. The van der Waals surface area contributed by atoms with Crippen LogP contribution in [0.15, 0.2) is 10.6 Å². The molecule has 7 heteroatoms. The molecule has 2 aliphatic heterocycles. The van der Waals surface area contributed by atoms with Gasteiger partial charge in [-0.1, -0.05) is 18.5 Å². The first-order chi connectivity index (χ1) is 11.6. The topological polar surface area (TPSA) is 84.8 Å². The van der Waals surface area contributed by atoms with Crippen molar-refractivity contribution in [3.63, 3.8) is 0 Å². The number of hydrogen-bond acceptors (Lipinski definition) is 5. The number of hydrogen-bond donors (Lipinski definition) is 1. The zero-order chi connectivity index (χ0) is 16.7. The molecule has 1 unspecified atom stereocenters. The van der Waals surface area contributed by atoms with Crippen molar-refractivity contribution in [2.24, 2.45) is 5.73 Å². The summed E-state index contributed by atoms with van der Waals surface area (Å²) in [5.74, 6) is 0.829. The van der Waals surface area contributed by atoms with Crippen molar-refractivity contribution in [3.05, 3.63) is 17.5 Å². The van der Waals surface area contributed by atoms with Crippen LogP contribution in [0.4, 0.5) is 4.79 Å². The maximum Gasteiger partial charge on any atom is 0.344 e. The van der Waals surface area contributed by atoms with Crippen LogP contribution < -0.4 is 5.73 Å². The van der Waals surface area contributed by atoms with Gasteiger partial charge in [-0.3, -0.25) is 4.84 Å². The smallest absolute Gasteiger partial charge is 0.344 e. The second-order valence-corrected chi connectivity index (χ2v) is 7.45. The minimum Gasteiger partial charge on any atom is -0.361 e. The third-order valence-corrected chi connectivity index (χ3v) is 5.39. The Morgan fingerprint density at radius 1 is 1.46 bits per heavy atom. The van der Waals surface area contributed by atoms with Gasteiger partial charge in [-0.15, -0.1) is 0 Å². The molecule has 24 heavy (non-hydrogen) atoms. The Morgan fingerprint density at radius 3 is 3.04 bits per heavy atom. The van der Waals surface area contributed by atoms with E-state index >= 15 is 0 Å².